The van der Waals surface area contributed by atoms with Crippen molar-refractivity contribution >= 4 is 17.4 Å². The minimum absolute atomic E-state index is 0.0567. The SMILES string of the molecule is O=[N+]([O-])c1ccc(OCCSc2cccnn2)cc1. The van der Waals surface area contributed by atoms with E-state index in [1.807, 2.05) is 12.1 Å². The van der Waals surface area contributed by atoms with E-state index < -0.39 is 4.92 Å². The van der Waals surface area contributed by atoms with E-state index in [2.05, 4.69) is 10.2 Å². The minimum Gasteiger partial charge on any atom is -0.493 e. The molecule has 1 aromatic carbocycles. The molecular weight excluding hydrogens is 266 g/mol. The quantitative estimate of drug-likeness (QED) is 0.349. The lowest BCUT2D eigenvalue weighted by Gasteiger charge is -2.05. The molecule has 2 rings (SSSR count). The molecule has 0 unspecified atom stereocenters. The second-order valence-electron chi connectivity index (χ2n) is 3.51. The first-order valence-corrected chi connectivity index (χ1v) is 6.52. The summed E-state index contributed by atoms with van der Waals surface area (Å²) in [6.45, 7) is 0.499. The Bertz CT molecular complexity index is 534. The summed E-state index contributed by atoms with van der Waals surface area (Å²) in [5.74, 6) is 1.35. The molecule has 19 heavy (non-hydrogen) atoms. The van der Waals surface area contributed by atoms with Crippen molar-refractivity contribution < 1.29 is 9.66 Å². The van der Waals surface area contributed by atoms with E-state index >= 15 is 0 Å². The zero-order valence-electron chi connectivity index (χ0n) is 9.93. The van der Waals surface area contributed by atoms with Gasteiger partial charge in [0.05, 0.1) is 11.5 Å². The number of nitro groups is 1. The third kappa shape index (κ3) is 4.22. The van der Waals surface area contributed by atoms with Crippen LogP contribution >= 0.6 is 11.8 Å². The highest BCUT2D eigenvalue weighted by atomic mass is 32.2. The van der Waals surface area contributed by atoms with Gasteiger partial charge in [0, 0.05) is 24.1 Å². The maximum atomic E-state index is 10.5. The lowest BCUT2D eigenvalue weighted by atomic mass is 10.3. The normalized spacial score (nSPS) is 10.1. The molecule has 0 radical (unpaired) electrons. The summed E-state index contributed by atoms with van der Waals surface area (Å²) >= 11 is 1.54. The third-order valence-electron chi connectivity index (χ3n) is 2.20. The Morgan fingerprint density at radius 3 is 2.68 bits per heavy atom. The summed E-state index contributed by atoms with van der Waals surface area (Å²) < 4.78 is 5.47. The molecule has 0 bridgehead atoms. The topological polar surface area (TPSA) is 78.2 Å². The van der Waals surface area contributed by atoms with Crippen LogP contribution in [0.25, 0.3) is 0 Å². The highest BCUT2D eigenvalue weighted by molar-refractivity contribution is 7.99. The number of ether oxygens (including phenoxy) is 1. The third-order valence-corrected chi connectivity index (χ3v) is 3.08. The van der Waals surface area contributed by atoms with Crippen LogP contribution in [0.15, 0.2) is 47.6 Å². The van der Waals surface area contributed by atoms with Crippen molar-refractivity contribution in [1.29, 1.82) is 0 Å². The maximum absolute atomic E-state index is 10.5. The summed E-state index contributed by atoms with van der Waals surface area (Å²) in [4.78, 5) is 10.0. The van der Waals surface area contributed by atoms with Crippen LogP contribution in [0.3, 0.4) is 0 Å². The van der Waals surface area contributed by atoms with Crippen molar-refractivity contribution in [2.45, 2.75) is 5.03 Å². The summed E-state index contributed by atoms with van der Waals surface area (Å²) in [6.07, 6.45) is 1.62. The average Bonchev–Trinajstić information content (AvgIpc) is 2.45. The molecule has 0 aliphatic carbocycles. The van der Waals surface area contributed by atoms with Gasteiger partial charge in [0.1, 0.15) is 10.8 Å². The average molecular weight is 277 g/mol. The lowest BCUT2D eigenvalue weighted by molar-refractivity contribution is -0.384. The van der Waals surface area contributed by atoms with Crippen molar-refractivity contribution in [2.24, 2.45) is 0 Å². The summed E-state index contributed by atoms with van der Waals surface area (Å²) in [6, 6.07) is 9.72. The summed E-state index contributed by atoms with van der Waals surface area (Å²) in [5.41, 5.74) is 0.0567. The van der Waals surface area contributed by atoms with Crippen LogP contribution in [0, 0.1) is 10.1 Å². The predicted molar refractivity (Wildman–Crippen MR) is 71.3 cm³/mol. The van der Waals surface area contributed by atoms with Gasteiger partial charge in [-0.1, -0.05) is 0 Å². The van der Waals surface area contributed by atoms with Crippen LogP contribution in [0.1, 0.15) is 0 Å². The summed E-state index contributed by atoms with van der Waals surface area (Å²) in [7, 11) is 0. The van der Waals surface area contributed by atoms with Crippen molar-refractivity contribution in [3.05, 3.63) is 52.7 Å². The van der Waals surface area contributed by atoms with Gasteiger partial charge in [0.2, 0.25) is 0 Å². The van der Waals surface area contributed by atoms with E-state index in [0.29, 0.717) is 12.4 Å². The number of hydrogen-bond acceptors (Lipinski definition) is 6. The standard InChI is InChI=1S/C12H11N3O3S/c16-15(17)10-3-5-11(6-4-10)18-8-9-19-12-2-1-7-13-14-12/h1-7H,8-9H2. The number of thioether (sulfide) groups is 1. The molecule has 0 aliphatic heterocycles. The zero-order chi connectivity index (χ0) is 13.5. The van der Waals surface area contributed by atoms with Crippen LogP contribution in [-0.2, 0) is 0 Å². The molecule has 6 nitrogen and oxygen atoms in total. The number of nitrogens with zero attached hydrogens (tertiary/aromatic N) is 3. The van der Waals surface area contributed by atoms with Gasteiger partial charge >= 0.3 is 0 Å². The van der Waals surface area contributed by atoms with E-state index in [4.69, 9.17) is 4.74 Å². The van der Waals surface area contributed by atoms with E-state index in [1.54, 1.807) is 30.1 Å². The first-order valence-electron chi connectivity index (χ1n) is 5.53. The number of hydrogen-bond donors (Lipinski definition) is 0. The Morgan fingerprint density at radius 1 is 1.26 bits per heavy atom. The highest BCUT2D eigenvalue weighted by Gasteiger charge is 2.04. The monoisotopic (exact) mass is 277 g/mol. The number of benzene rings is 1. The maximum Gasteiger partial charge on any atom is 0.269 e. The smallest absolute Gasteiger partial charge is 0.269 e. The lowest BCUT2D eigenvalue weighted by Crippen LogP contribution is -2.00. The van der Waals surface area contributed by atoms with Crippen molar-refractivity contribution in [1.82, 2.24) is 10.2 Å². The number of nitro benzene ring substituents is 1. The van der Waals surface area contributed by atoms with E-state index in [0.717, 1.165) is 10.8 Å². The van der Waals surface area contributed by atoms with Crippen LogP contribution in [0.5, 0.6) is 5.75 Å². The highest BCUT2D eigenvalue weighted by Crippen LogP contribution is 2.18. The molecule has 0 aliphatic rings. The van der Waals surface area contributed by atoms with Gasteiger partial charge in [-0.15, -0.1) is 16.9 Å². The molecule has 0 N–H and O–H groups in total. The number of aromatic nitrogens is 2. The molecule has 0 atom stereocenters. The minimum atomic E-state index is -0.437. The molecule has 0 saturated carbocycles. The van der Waals surface area contributed by atoms with Gasteiger partial charge in [0.25, 0.3) is 5.69 Å². The van der Waals surface area contributed by atoms with Crippen LogP contribution in [0.2, 0.25) is 0 Å². The Hall–Kier alpha value is -2.15. The molecule has 1 aromatic heterocycles. The van der Waals surface area contributed by atoms with Crippen LogP contribution in [0.4, 0.5) is 5.69 Å². The Kier molecular flexibility index (Phi) is 4.68. The molecule has 7 heteroatoms. The second-order valence-corrected chi connectivity index (χ2v) is 4.63. The van der Waals surface area contributed by atoms with Crippen molar-refractivity contribution in [3.8, 4) is 5.75 Å². The molecule has 98 valence electrons. The largest absolute Gasteiger partial charge is 0.493 e. The van der Waals surface area contributed by atoms with Gasteiger partial charge in [-0.25, -0.2) is 0 Å². The van der Waals surface area contributed by atoms with Crippen molar-refractivity contribution in [2.75, 3.05) is 12.4 Å². The molecule has 2 aromatic rings. The number of rotatable bonds is 6. The molecule has 1 heterocycles. The van der Waals surface area contributed by atoms with Crippen LogP contribution in [-0.4, -0.2) is 27.5 Å². The van der Waals surface area contributed by atoms with Crippen molar-refractivity contribution in [3.63, 3.8) is 0 Å². The molecule has 0 amide bonds. The first kappa shape index (κ1) is 13.3. The molecule has 0 spiro atoms. The van der Waals surface area contributed by atoms with Gasteiger partial charge in [0.15, 0.2) is 0 Å². The van der Waals surface area contributed by atoms with Gasteiger partial charge < -0.3 is 4.74 Å². The van der Waals surface area contributed by atoms with Crippen LogP contribution < -0.4 is 4.74 Å². The van der Waals surface area contributed by atoms with E-state index in [9.17, 15) is 10.1 Å². The number of non-ortho nitro benzene ring substituents is 1. The van der Waals surface area contributed by atoms with E-state index in [1.165, 1.54) is 12.1 Å². The fourth-order valence-corrected chi connectivity index (χ4v) is 1.99. The Balaban J connectivity index is 1.75. The summed E-state index contributed by atoms with van der Waals surface area (Å²) in [5, 5.41) is 19.0. The van der Waals surface area contributed by atoms with E-state index in [-0.39, 0.29) is 5.69 Å². The molecule has 0 fully saturated rings. The Morgan fingerprint density at radius 2 is 2.05 bits per heavy atom. The van der Waals surface area contributed by atoms with Gasteiger partial charge in [-0.2, -0.15) is 5.10 Å². The fraction of sp³-hybridized carbons (Fsp3) is 0.167. The zero-order valence-corrected chi connectivity index (χ0v) is 10.7. The first-order chi connectivity index (χ1) is 9.25. The van der Waals surface area contributed by atoms with Gasteiger partial charge in [-0.3, -0.25) is 10.1 Å². The molecular formula is C12H11N3O3S. The predicted octanol–water partition coefficient (Wildman–Crippen LogP) is 2.56. The molecule has 0 saturated heterocycles. The van der Waals surface area contributed by atoms with Gasteiger partial charge in [-0.05, 0) is 24.3 Å². The fourth-order valence-electron chi connectivity index (χ4n) is 1.33. The Labute approximate surface area is 114 Å². The second kappa shape index (κ2) is 6.69.